The van der Waals surface area contributed by atoms with E-state index in [0.717, 1.165) is 5.56 Å². The Labute approximate surface area is 174 Å². The zero-order valence-electron chi connectivity index (χ0n) is 16.7. The Kier molecular flexibility index (Phi) is 5.03. The summed E-state index contributed by atoms with van der Waals surface area (Å²) in [6.07, 6.45) is 2.90. The van der Waals surface area contributed by atoms with Crippen molar-refractivity contribution in [3.05, 3.63) is 63.9 Å². The molecule has 4 rings (SSSR count). The summed E-state index contributed by atoms with van der Waals surface area (Å²) in [5, 5.41) is 3.14. The lowest BCUT2D eigenvalue weighted by Gasteiger charge is -2.21. The fourth-order valence-corrected chi connectivity index (χ4v) is 4.04. The summed E-state index contributed by atoms with van der Waals surface area (Å²) >= 11 is 0. The molecule has 0 saturated carbocycles. The van der Waals surface area contributed by atoms with Crippen molar-refractivity contribution >= 4 is 32.2 Å². The van der Waals surface area contributed by atoms with E-state index in [-0.39, 0.29) is 11.6 Å². The van der Waals surface area contributed by atoms with Gasteiger partial charge in [-0.1, -0.05) is 6.07 Å². The SMILES string of the molecule is C=S(C)(=O)c1ccc2[nH]cc(C(=O)NC(C)c3ccc4c(c3)OCCO4)c(=O)c2c1. The van der Waals surface area contributed by atoms with Gasteiger partial charge in [-0.25, -0.2) is 0 Å². The molecule has 0 spiro atoms. The van der Waals surface area contributed by atoms with E-state index in [1.165, 1.54) is 18.5 Å². The second-order valence-corrected chi connectivity index (χ2v) is 9.82. The average molecular weight is 426 g/mol. The van der Waals surface area contributed by atoms with Gasteiger partial charge < -0.3 is 19.8 Å². The van der Waals surface area contributed by atoms with E-state index >= 15 is 0 Å². The van der Waals surface area contributed by atoms with Gasteiger partial charge in [0.15, 0.2) is 11.5 Å². The second-order valence-electron chi connectivity index (χ2n) is 7.34. The van der Waals surface area contributed by atoms with Gasteiger partial charge in [-0.15, -0.1) is 0 Å². The summed E-state index contributed by atoms with van der Waals surface area (Å²) in [4.78, 5) is 29.2. The molecule has 156 valence electrons. The van der Waals surface area contributed by atoms with Crippen LogP contribution in [0.3, 0.4) is 0 Å². The lowest BCUT2D eigenvalue weighted by atomic mass is 10.1. The number of carbonyl (C=O) groups is 1. The highest BCUT2D eigenvalue weighted by atomic mass is 32.2. The molecular weight excluding hydrogens is 404 g/mol. The van der Waals surface area contributed by atoms with E-state index in [1.54, 1.807) is 18.2 Å². The fraction of sp³-hybridized carbons (Fsp3) is 0.227. The summed E-state index contributed by atoms with van der Waals surface area (Å²) in [6.45, 7) is 2.81. The number of rotatable bonds is 4. The maximum atomic E-state index is 12.9. The molecule has 2 atom stereocenters. The van der Waals surface area contributed by atoms with Crippen LogP contribution in [0.25, 0.3) is 10.9 Å². The van der Waals surface area contributed by atoms with Gasteiger partial charge in [0.2, 0.25) is 5.43 Å². The number of fused-ring (bicyclic) bond motifs is 2. The van der Waals surface area contributed by atoms with Crippen molar-refractivity contribution in [2.24, 2.45) is 0 Å². The van der Waals surface area contributed by atoms with E-state index in [1.807, 2.05) is 19.1 Å². The molecule has 2 unspecified atom stereocenters. The summed E-state index contributed by atoms with van der Waals surface area (Å²) < 4.78 is 23.3. The molecule has 1 amide bonds. The van der Waals surface area contributed by atoms with Crippen molar-refractivity contribution in [3.63, 3.8) is 0 Å². The molecule has 2 N–H and O–H groups in total. The molecule has 0 radical (unpaired) electrons. The van der Waals surface area contributed by atoms with Crippen LogP contribution in [0.5, 0.6) is 11.5 Å². The maximum Gasteiger partial charge on any atom is 0.257 e. The molecule has 1 aliphatic heterocycles. The molecule has 30 heavy (non-hydrogen) atoms. The highest BCUT2D eigenvalue weighted by Gasteiger charge is 2.19. The molecule has 2 heterocycles. The van der Waals surface area contributed by atoms with Crippen LogP contribution in [0, 0.1) is 0 Å². The molecule has 0 aliphatic carbocycles. The first-order valence-electron chi connectivity index (χ1n) is 9.42. The Morgan fingerprint density at radius 2 is 1.90 bits per heavy atom. The largest absolute Gasteiger partial charge is 0.486 e. The quantitative estimate of drug-likeness (QED) is 0.625. The molecule has 1 aromatic heterocycles. The predicted octanol–water partition coefficient (Wildman–Crippen LogP) is 2.50. The number of benzene rings is 2. The van der Waals surface area contributed by atoms with Crippen LogP contribution in [-0.4, -0.2) is 40.4 Å². The number of hydrogen-bond acceptors (Lipinski definition) is 5. The smallest absolute Gasteiger partial charge is 0.257 e. The number of nitrogens with one attached hydrogen (secondary N) is 2. The average Bonchev–Trinajstić information content (AvgIpc) is 2.72. The van der Waals surface area contributed by atoms with E-state index in [4.69, 9.17) is 9.47 Å². The Bertz CT molecular complexity index is 1310. The first kappa shape index (κ1) is 20.0. The molecule has 2 aromatic carbocycles. The third kappa shape index (κ3) is 3.78. The molecule has 0 fully saturated rings. The van der Waals surface area contributed by atoms with Crippen molar-refractivity contribution in [2.45, 2.75) is 17.9 Å². The number of aromatic amines is 1. The molecule has 1 aliphatic rings. The van der Waals surface area contributed by atoms with Crippen LogP contribution in [-0.2, 0) is 9.52 Å². The third-order valence-corrected chi connectivity index (χ3v) is 6.26. The highest BCUT2D eigenvalue weighted by Crippen LogP contribution is 2.32. The summed E-state index contributed by atoms with van der Waals surface area (Å²) in [5.74, 6) is 4.45. The third-order valence-electron chi connectivity index (χ3n) is 5.01. The topological polar surface area (TPSA) is 97.5 Å². The molecule has 8 heteroatoms. The first-order valence-corrected chi connectivity index (χ1v) is 11.6. The van der Waals surface area contributed by atoms with Crippen molar-refractivity contribution < 1.29 is 18.5 Å². The summed E-state index contributed by atoms with van der Waals surface area (Å²) in [6, 6.07) is 9.98. The normalized spacial score (nSPS) is 15.9. The zero-order chi connectivity index (χ0) is 21.5. The molecule has 7 nitrogen and oxygen atoms in total. The van der Waals surface area contributed by atoms with Gasteiger partial charge in [0.05, 0.1) is 6.04 Å². The first-order chi connectivity index (χ1) is 14.2. The minimum Gasteiger partial charge on any atom is -0.486 e. The van der Waals surface area contributed by atoms with Gasteiger partial charge in [0.25, 0.3) is 5.91 Å². The summed E-state index contributed by atoms with van der Waals surface area (Å²) in [7, 11) is -2.48. The minimum absolute atomic E-state index is 0.0179. The number of hydrogen-bond donors (Lipinski definition) is 2. The van der Waals surface area contributed by atoms with Crippen LogP contribution in [0.15, 0.2) is 52.3 Å². The number of amides is 1. The van der Waals surface area contributed by atoms with E-state index < -0.39 is 20.9 Å². The van der Waals surface area contributed by atoms with Gasteiger partial charge in [-0.05, 0) is 58.2 Å². The van der Waals surface area contributed by atoms with E-state index in [0.29, 0.717) is 40.5 Å². The predicted molar refractivity (Wildman–Crippen MR) is 117 cm³/mol. The highest BCUT2D eigenvalue weighted by molar-refractivity contribution is 7.99. The van der Waals surface area contributed by atoms with Crippen LogP contribution in [0.4, 0.5) is 0 Å². The van der Waals surface area contributed by atoms with E-state index in [9.17, 15) is 13.8 Å². The lowest BCUT2D eigenvalue weighted by Crippen LogP contribution is -2.31. The Balaban J connectivity index is 1.63. The Morgan fingerprint density at radius 1 is 1.17 bits per heavy atom. The standard InChI is InChI=1S/C22H22N2O5S/c1-13(14-4-7-19-20(10-14)29-9-8-28-19)24-22(26)17-12-23-18-6-5-15(30(2,3)27)11-16(18)21(17)25/h4-7,10-13H,2,8-9H2,1,3H3,(H,23,25)(H,24,26). The Morgan fingerprint density at radius 3 is 2.63 bits per heavy atom. The molecule has 3 aromatic rings. The van der Waals surface area contributed by atoms with E-state index in [2.05, 4.69) is 16.2 Å². The van der Waals surface area contributed by atoms with Crippen molar-refractivity contribution in [1.29, 1.82) is 0 Å². The van der Waals surface area contributed by atoms with Crippen LogP contribution >= 0.6 is 0 Å². The number of carbonyl (C=O) groups excluding carboxylic acids is 1. The molecular formula is C22H22N2O5S. The van der Waals surface area contributed by atoms with Gasteiger partial charge in [-0.2, -0.15) is 0 Å². The van der Waals surface area contributed by atoms with Gasteiger partial charge in [0.1, 0.15) is 18.8 Å². The van der Waals surface area contributed by atoms with Gasteiger partial charge >= 0.3 is 0 Å². The maximum absolute atomic E-state index is 12.9. The number of H-pyrrole nitrogens is 1. The second kappa shape index (κ2) is 7.53. The van der Waals surface area contributed by atoms with Gasteiger partial charge in [-0.3, -0.25) is 13.8 Å². The molecule has 0 saturated heterocycles. The summed E-state index contributed by atoms with van der Waals surface area (Å²) in [5.41, 5.74) is 0.940. The zero-order valence-corrected chi connectivity index (χ0v) is 17.5. The van der Waals surface area contributed by atoms with Crippen LogP contribution in [0.1, 0.15) is 28.9 Å². The van der Waals surface area contributed by atoms with Crippen molar-refractivity contribution in [2.75, 3.05) is 19.5 Å². The van der Waals surface area contributed by atoms with Crippen molar-refractivity contribution in [3.8, 4) is 11.5 Å². The lowest BCUT2D eigenvalue weighted by molar-refractivity contribution is 0.0938. The Hall–Kier alpha value is -3.26. The fourth-order valence-electron chi connectivity index (χ4n) is 3.32. The number of ether oxygens (including phenoxy) is 2. The van der Waals surface area contributed by atoms with Crippen LogP contribution in [0.2, 0.25) is 0 Å². The monoisotopic (exact) mass is 426 g/mol. The van der Waals surface area contributed by atoms with Gasteiger partial charge in [0, 0.05) is 28.3 Å². The molecule has 0 bridgehead atoms. The number of pyridine rings is 1. The number of aromatic nitrogens is 1. The van der Waals surface area contributed by atoms with Crippen LogP contribution < -0.4 is 20.2 Å². The minimum atomic E-state index is -2.48. The van der Waals surface area contributed by atoms with Crippen molar-refractivity contribution in [1.82, 2.24) is 10.3 Å².